The van der Waals surface area contributed by atoms with Gasteiger partial charge in [-0.3, -0.25) is 10.1 Å². The average molecular weight is 249 g/mol. The normalized spacial score (nSPS) is 11.4. The summed E-state index contributed by atoms with van der Waals surface area (Å²) in [4.78, 5) is 11.2. The lowest BCUT2D eigenvalue weighted by Crippen LogP contribution is -2.28. The Hall–Kier alpha value is -2.19. The highest BCUT2D eigenvalue weighted by atomic mass is 16.5. The standard InChI is InChI=1S/C13H15NO4/c1-4-7-14-12(13(15)16)9-5-6-10(17-2)11(8-9)18-3/h1,5-6,8,12,14H,7H2,2-3H3,(H,15,16). The van der Waals surface area contributed by atoms with Crippen molar-refractivity contribution in [3.63, 3.8) is 0 Å². The Kier molecular flexibility index (Phi) is 5.03. The number of hydrogen-bond acceptors (Lipinski definition) is 4. The van der Waals surface area contributed by atoms with Crippen LogP contribution in [-0.4, -0.2) is 31.8 Å². The lowest BCUT2D eigenvalue weighted by molar-refractivity contribution is -0.139. The zero-order valence-corrected chi connectivity index (χ0v) is 10.3. The first kappa shape index (κ1) is 13.9. The van der Waals surface area contributed by atoms with Gasteiger partial charge in [0, 0.05) is 0 Å². The molecule has 5 heteroatoms. The van der Waals surface area contributed by atoms with Crippen LogP contribution >= 0.6 is 0 Å². The molecule has 0 radical (unpaired) electrons. The van der Waals surface area contributed by atoms with Crippen LogP contribution in [0.4, 0.5) is 0 Å². The molecule has 0 bridgehead atoms. The van der Waals surface area contributed by atoms with E-state index in [-0.39, 0.29) is 6.54 Å². The first-order valence-corrected chi connectivity index (χ1v) is 5.25. The second-order valence-electron chi connectivity index (χ2n) is 3.47. The first-order chi connectivity index (χ1) is 8.63. The SMILES string of the molecule is C#CCNC(C(=O)O)c1ccc(OC)c(OC)c1. The van der Waals surface area contributed by atoms with Crippen molar-refractivity contribution in [3.8, 4) is 23.8 Å². The fourth-order valence-electron chi connectivity index (χ4n) is 1.54. The summed E-state index contributed by atoms with van der Waals surface area (Å²) in [5, 5.41) is 11.9. The Labute approximate surface area is 106 Å². The van der Waals surface area contributed by atoms with Crippen molar-refractivity contribution < 1.29 is 19.4 Å². The molecule has 0 fully saturated rings. The lowest BCUT2D eigenvalue weighted by Gasteiger charge is -2.15. The molecule has 0 amide bonds. The Morgan fingerprint density at radius 1 is 1.44 bits per heavy atom. The smallest absolute Gasteiger partial charge is 0.325 e. The summed E-state index contributed by atoms with van der Waals surface area (Å²) in [6.45, 7) is 0.172. The minimum atomic E-state index is -1.00. The van der Waals surface area contributed by atoms with E-state index >= 15 is 0 Å². The van der Waals surface area contributed by atoms with Crippen LogP contribution in [-0.2, 0) is 4.79 Å². The highest BCUT2D eigenvalue weighted by Gasteiger charge is 2.20. The van der Waals surface area contributed by atoms with Crippen molar-refractivity contribution in [3.05, 3.63) is 23.8 Å². The maximum atomic E-state index is 11.2. The number of carboxylic acids is 1. The summed E-state index contributed by atoms with van der Waals surface area (Å²) in [6.07, 6.45) is 5.11. The van der Waals surface area contributed by atoms with Crippen molar-refractivity contribution in [2.45, 2.75) is 6.04 Å². The minimum Gasteiger partial charge on any atom is -0.493 e. The molecule has 5 nitrogen and oxygen atoms in total. The lowest BCUT2D eigenvalue weighted by atomic mass is 10.1. The molecular formula is C13H15NO4. The predicted molar refractivity (Wildman–Crippen MR) is 66.8 cm³/mol. The predicted octanol–water partition coefficient (Wildman–Crippen LogP) is 1.05. The molecule has 1 atom stereocenters. The highest BCUT2D eigenvalue weighted by molar-refractivity contribution is 5.76. The number of methoxy groups -OCH3 is 2. The molecule has 0 saturated carbocycles. The Morgan fingerprint density at radius 3 is 2.61 bits per heavy atom. The molecule has 96 valence electrons. The minimum absolute atomic E-state index is 0.172. The number of terminal acetylenes is 1. The van der Waals surface area contributed by atoms with Gasteiger partial charge in [-0.25, -0.2) is 0 Å². The van der Waals surface area contributed by atoms with Crippen molar-refractivity contribution in [1.82, 2.24) is 5.32 Å². The molecular weight excluding hydrogens is 234 g/mol. The van der Waals surface area contributed by atoms with Crippen LogP contribution in [0.2, 0.25) is 0 Å². The number of aliphatic carboxylic acids is 1. The van der Waals surface area contributed by atoms with E-state index in [2.05, 4.69) is 11.2 Å². The second kappa shape index (κ2) is 6.52. The third-order valence-corrected chi connectivity index (χ3v) is 2.40. The molecule has 0 aromatic heterocycles. The molecule has 2 N–H and O–H groups in total. The zero-order valence-electron chi connectivity index (χ0n) is 10.3. The maximum absolute atomic E-state index is 11.2. The Bertz CT molecular complexity index is 465. The Morgan fingerprint density at radius 2 is 2.11 bits per heavy atom. The fraction of sp³-hybridized carbons (Fsp3) is 0.308. The van der Waals surface area contributed by atoms with Crippen molar-refractivity contribution in [2.24, 2.45) is 0 Å². The third-order valence-electron chi connectivity index (χ3n) is 2.40. The van der Waals surface area contributed by atoms with Gasteiger partial charge < -0.3 is 14.6 Å². The van der Waals surface area contributed by atoms with Crippen LogP contribution in [0.15, 0.2) is 18.2 Å². The van der Waals surface area contributed by atoms with E-state index in [1.54, 1.807) is 18.2 Å². The van der Waals surface area contributed by atoms with Gasteiger partial charge >= 0.3 is 5.97 Å². The highest BCUT2D eigenvalue weighted by Crippen LogP contribution is 2.29. The second-order valence-corrected chi connectivity index (χ2v) is 3.47. The third kappa shape index (κ3) is 3.15. The number of carbonyl (C=O) groups is 1. The molecule has 0 aliphatic heterocycles. The number of benzene rings is 1. The van der Waals surface area contributed by atoms with Crippen LogP contribution in [0.3, 0.4) is 0 Å². The van der Waals surface area contributed by atoms with Gasteiger partial charge in [-0.05, 0) is 17.7 Å². The van der Waals surface area contributed by atoms with Crippen LogP contribution in [0.5, 0.6) is 11.5 Å². The van der Waals surface area contributed by atoms with Crippen LogP contribution in [0.25, 0.3) is 0 Å². The summed E-state index contributed by atoms with van der Waals surface area (Å²) < 4.78 is 10.2. The molecule has 0 aliphatic rings. The van der Waals surface area contributed by atoms with Gasteiger partial charge in [0.1, 0.15) is 6.04 Å². The van der Waals surface area contributed by atoms with Gasteiger partial charge in [-0.15, -0.1) is 6.42 Å². The van der Waals surface area contributed by atoms with Crippen LogP contribution in [0, 0.1) is 12.3 Å². The van der Waals surface area contributed by atoms with Crippen LogP contribution < -0.4 is 14.8 Å². The molecule has 1 aromatic rings. The van der Waals surface area contributed by atoms with E-state index < -0.39 is 12.0 Å². The average Bonchev–Trinajstić information content (AvgIpc) is 2.38. The van der Waals surface area contributed by atoms with Gasteiger partial charge in [0.05, 0.1) is 20.8 Å². The van der Waals surface area contributed by atoms with Crippen LogP contribution in [0.1, 0.15) is 11.6 Å². The number of hydrogen-bond donors (Lipinski definition) is 2. The van der Waals surface area contributed by atoms with E-state index in [1.165, 1.54) is 14.2 Å². The number of nitrogens with one attached hydrogen (secondary N) is 1. The summed E-state index contributed by atoms with van der Waals surface area (Å²) >= 11 is 0. The van der Waals surface area contributed by atoms with E-state index in [1.807, 2.05) is 0 Å². The van der Waals surface area contributed by atoms with Gasteiger partial charge in [-0.1, -0.05) is 12.0 Å². The number of ether oxygens (including phenoxy) is 2. The number of carboxylic acid groups (broad SMARTS) is 1. The summed E-state index contributed by atoms with van der Waals surface area (Å²) in [5.41, 5.74) is 0.551. The molecule has 1 rings (SSSR count). The van der Waals surface area contributed by atoms with E-state index in [4.69, 9.17) is 21.0 Å². The van der Waals surface area contributed by atoms with Crippen molar-refractivity contribution in [2.75, 3.05) is 20.8 Å². The van der Waals surface area contributed by atoms with E-state index in [9.17, 15) is 4.79 Å². The van der Waals surface area contributed by atoms with E-state index in [0.29, 0.717) is 17.1 Å². The number of rotatable bonds is 6. The molecule has 1 unspecified atom stereocenters. The van der Waals surface area contributed by atoms with Crippen molar-refractivity contribution in [1.29, 1.82) is 0 Å². The van der Waals surface area contributed by atoms with Crippen molar-refractivity contribution >= 4 is 5.97 Å². The molecule has 0 heterocycles. The van der Waals surface area contributed by atoms with E-state index in [0.717, 1.165) is 0 Å². The quantitative estimate of drug-likeness (QED) is 0.738. The van der Waals surface area contributed by atoms with Gasteiger partial charge in [0.2, 0.25) is 0 Å². The summed E-state index contributed by atoms with van der Waals surface area (Å²) in [7, 11) is 3.01. The first-order valence-electron chi connectivity index (χ1n) is 5.25. The van der Waals surface area contributed by atoms with Gasteiger partial charge in [0.15, 0.2) is 11.5 Å². The molecule has 0 saturated heterocycles. The maximum Gasteiger partial charge on any atom is 0.325 e. The molecule has 1 aromatic carbocycles. The summed E-state index contributed by atoms with van der Waals surface area (Å²) in [5.74, 6) is 2.36. The fourth-order valence-corrected chi connectivity index (χ4v) is 1.54. The topological polar surface area (TPSA) is 67.8 Å². The van der Waals surface area contributed by atoms with Gasteiger partial charge in [-0.2, -0.15) is 0 Å². The summed E-state index contributed by atoms with van der Waals surface area (Å²) in [6, 6.07) is 4.05. The Balaban J connectivity index is 3.05. The molecule has 18 heavy (non-hydrogen) atoms. The monoisotopic (exact) mass is 249 g/mol. The largest absolute Gasteiger partial charge is 0.493 e. The molecule has 0 spiro atoms. The molecule has 0 aliphatic carbocycles. The zero-order chi connectivity index (χ0) is 13.5. The van der Waals surface area contributed by atoms with Gasteiger partial charge in [0.25, 0.3) is 0 Å².